The number of hydrogen-bond acceptors (Lipinski definition) is 6. The van der Waals surface area contributed by atoms with Crippen LogP contribution in [0.3, 0.4) is 0 Å². The van der Waals surface area contributed by atoms with Crippen molar-refractivity contribution < 1.29 is 30.3 Å². The molecular formula is C15H24O6. The van der Waals surface area contributed by atoms with Crippen LogP contribution in [0.15, 0.2) is 30.3 Å². The van der Waals surface area contributed by atoms with E-state index in [-0.39, 0.29) is 19.4 Å². The van der Waals surface area contributed by atoms with Crippen LogP contribution in [0.25, 0.3) is 0 Å². The van der Waals surface area contributed by atoms with Crippen molar-refractivity contribution in [2.75, 3.05) is 13.2 Å². The number of benzene rings is 1. The summed E-state index contributed by atoms with van der Waals surface area (Å²) in [6, 6.07) is 8.45. The third-order valence-corrected chi connectivity index (χ3v) is 3.46. The summed E-state index contributed by atoms with van der Waals surface area (Å²) < 4.78 is 5.64. The lowest BCUT2D eigenvalue weighted by Gasteiger charge is -2.41. The summed E-state index contributed by atoms with van der Waals surface area (Å²) in [6.07, 6.45) is -3.54. The van der Waals surface area contributed by atoms with Gasteiger partial charge in [-0.1, -0.05) is 18.2 Å². The molecule has 6 nitrogen and oxygen atoms in total. The average Bonchev–Trinajstić information content (AvgIpc) is 2.50. The lowest BCUT2D eigenvalue weighted by Crippen LogP contribution is -2.62. The maximum absolute atomic E-state index is 10.3. The van der Waals surface area contributed by atoms with Crippen molar-refractivity contribution in [1.29, 1.82) is 0 Å². The highest BCUT2D eigenvalue weighted by atomic mass is 16.5. The fourth-order valence-electron chi connectivity index (χ4n) is 2.20. The molecule has 0 aliphatic heterocycles. The van der Waals surface area contributed by atoms with Crippen LogP contribution in [0.1, 0.15) is 19.8 Å². The first-order chi connectivity index (χ1) is 9.97. The van der Waals surface area contributed by atoms with E-state index in [0.717, 1.165) is 0 Å². The monoisotopic (exact) mass is 300 g/mol. The van der Waals surface area contributed by atoms with Gasteiger partial charge in [0.2, 0.25) is 0 Å². The van der Waals surface area contributed by atoms with Gasteiger partial charge < -0.3 is 30.3 Å². The van der Waals surface area contributed by atoms with Gasteiger partial charge in [-0.25, -0.2) is 0 Å². The zero-order valence-corrected chi connectivity index (χ0v) is 12.1. The third kappa shape index (κ3) is 4.39. The maximum Gasteiger partial charge on any atom is 0.185 e. The fourth-order valence-corrected chi connectivity index (χ4v) is 2.20. The standard InChI is InChI=1S/C15H24O6/c1-11(18)14(20)15(10-17,13(19)8-5-9-16)21-12-6-3-2-4-7-12/h2-4,6-7,11,13-14,16-20H,5,8-10H2,1H3. The second-order valence-corrected chi connectivity index (χ2v) is 5.10. The van der Waals surface area contributed by atoms with Crippen LogP contribution in [0.2, 0.25) is 0 Å². The first-order valence-electron chi connectivity index (χ1n) is 6.98. The molecule has 0 aliphatic rings. The molecule has 4 atom stereocenters. The first-order valence-corrected chi connectivity index (χ1v) is 6.98. The number of ether oxygens (including phenoxy) is 1. The minimum atomic E-state index is -1.76. The Morgan fingerprint density at radius 2 is 1.71 bits per heavy atom. The molecule has 0 saturated heterocycles. The molecule has 0 saturated carbocycles. The van der Waals surface area contributed by atoms with Crippen molar-refractivity contribution in [2.24, 2.45) is 0 Å². The number of aliphatic hydroxyl groups excluding tert-OH is 5. The molecule has 1 rings (SSSR count). The second-order valence-electron chi connectivity index (χ2n) is 5.10. The summed E-state index contributed by atoms with van der Waals surface area (Å²) in [4.78, 5) is 0. The zero-order chi connectivity index (χ0) is 15.9. The molecule has 0 amide bonds. The summed E-state index contributed by atoms with van der Waals surface area (Å²) in [7, 11) is 0. The smallest absolute Gasteiger partial charge is 0.185 e. The average molecular weight is 300 g/mol. The van der Waals surface area contributed by atoms with Crippen LogP contribution in [-0.2, 0) is 0 Å². The van der Waals surface area contributed by atoms with Gasteiger partial charge in [-0.2, -0.15) is 0 Å². The molecule has 0 radical (unpaired) electrons. The highest BCUT2D eigenvalue weighted by Crippen LogP contribution is 2.28. The highest BCUT2D eigenvalue weighted by molar-refractivity contribution is 5.23. The summed E-state index contributed by atoms with van der Waals surface area (Å²) >= 11 is 0. The van der Waals surface area contributed by atoms with Crippen LogP contribution >= 0.6 is 0 Å². The predicted molar refractivity (Wildman–Crippen MR) is 76.9 cm³/mol. The first kappa shape index (κ1) is 17.9. The van der Waals surface area contributed by atoms with Crippen LogP contribution in [0.5, 0.6) is 5.75 Å². The van der Waals surface area contributed by atoms with Crippen molar-refractivity contribution in [3.05, 3.63) is 30.3 Å². The van der Waals surface area contributed by atoms with Crippen LogP contribution in [0.4, 0.5) is 0 Å². The SMILES string of the molecule is CC(O)C(O)C(CO)(Oc1ccccc1)C(O)CCCO. The van der Waals surface area contributed by atoms with E-state index in [1.165, 1.54) is 6.92 Å². The zero-order valence-electron chi connectivity index (χ0n) is 12.1. The van der Waals surface area contributed by atoms with Gasteiger partial charge in [0.05, 0.1) is 18.8 Å². The molecule has 0 heterocycles. The van der Waals surface area contributed by atoms with E-state index in [0.29, 0.717) is 5.75 Å². The molecule has 0 aromatic heterocycles. The van der Waals surface area contributed by atoms with Crippen LogP contribution in [-0.4, -0.2) is 62.7 Å². The van der Waals surface area contributed by atoms with Gasteiger partial charge in [0.1, 0.15) is 11.9 Å². The van der Waals surface area contributed by atoms with Crippen molar-refractivity contribution in [2.45, 2.75) is 43.7 Å². The normalized spacial score (nSPS) is 18.6. The van der Waals surface area contributed by atoms with E-state index in [9.17, 15) is 20.4 Å². The van der Waals surface area contributed by atoms with Crippen molar-refractivity contribution in [3.8, 4) is 5.75 Å². The Bertz CT molecular complexity index is 396. The molecule has 21 heavy (non-hydrogen) atoms. The minimum absolute atomic E-state index is 0.119. The predicted octanol–water partition coefficient (Wildman–Crippen LogP) is -0.328. The topological polar surface area (TPSA) is 110 Å². The quantitative estimate of drug-likeness (QED) is 0.427. The Hall–Kier alpha value is -1.18. The van der Waals surface area contributed by atoms with Crippen LogP contribution in [0, 0.1) is 0 Å². The Labute approximate surface area is 124 Å². The summed E-state index contributed by atoms with van der Waals surface area (Å²) in [5, 5.41) is 48.7. The van der Waals surface area contributed by atoms with Gasteiger partial charge in [-0.15, -0.1) is 0 Å². The van der Waals surface area contributed by atoms with E-state index in [1.807, 2.05) is 0 Å². The Morgan fingerprint density at radius 1 is 1.10 bits per heavy atom. The number of rotatable bonds is 9. The summed E-state index contributed by atoms with van der Waals surface area (Å²) in [5.41, 5.74) is -1.76. The molecule has 1 aromatic rings. The molecule has 5 N–H and O–H groups in total. The molecule has 4 unspecified atom stereocenters. The largest absolute Gasteiger partial charge is 0.479 e. The lowest BCUT2D eigenvalue weighted by atomic mass is 9.85. The van der Waals surface area contributed by atoms with Crippen molar-refractivity contribution >= 4 is 0 Å². The molecule has 0 spiro atoms. The molecule has 1 aromatic carbocycles. The van der Waals surface area contributed by atoms with Gasteiger partial charge in [-0.3, -0.25) is 0 Å². The van der Waals surface area contributed by atoms with Crippen molar-refractivity contribution in [3.63, 3.8) is 0 Å². The minimum Gasteiger partial charge on any atom is -0.479 e. The van der Waals surface area contributed by atoms with E-state index >= 15 is 0 Å². The second kappa shape index (κ2) is 8.31. The lowest BCUT2D eigenvalue weighted by molar-refractivity contribution is -0.179. The summed E-state index contributed by atoms with van der Waals surface area (Å²) in [5.74, 6) is 0.356. The Balaban J connectivity index is 3.06. The Kier molecular flexibility index (Phi) is 7.07. The summed E-state index contributed by atoms with van der Waals surface area (Å²) in [6.45, 7) is 0.539. The van der Waals surface area contributed by atoms with E-state index in [4.69, 9.17) is 9.84 Å². The molecule has 0 aliphatic carbocycles. The van der Waals surface area contributed by atoms with Gasteiger partial charge in [0.15, 0.2) is 5.60 Å². The molecule has 120 valence electrons. The molecule has 6 heteroatoms. The third-order valence-electron chi connectivity index (χ3n) is 3.46. The van der Waals surface area contributed by atoms with Gasteiger partial charge in [0.25, 0.3) is 0 Å². The van der Waals surface area contributed by atoms with Crippen LogP contribution < -0.4 is 4.74 Å². The van der Waals surface area contributed by atoms with Gasteiger partial charge in [-0.05, 0) is 31.9 Å². The Morgan fingerprint density at radius 3 is 2.19 bits per heavy atom. The number of hydrogen-bond donors (Lipinski definition) is 5. The number of para-hydroxylation sites is 1. The maximum atomic E-state index is 10.3. The van der Waals surface area contributed by atoms with E-state index in [1.54, 1.807) is 30.3 Å². The molecule has 0 fully saturated rings. The molecule has 0 bridgehead atoms. The fraction of sp³-hybridized carbons (Fsp3) is 0.600. The number of aliphatic hydroxyl groups is 5. The van der Waals surface area contributed by atoms with Crippen molar-refractivity contribution in [1.82, 2.24) is 0 Å². The highest BCUT2D eigenvalue weighted by Gasteiger charge is 2.48. The van der Waals surface area contributed by atoms with Gasteiger partial charge >= 0.3 is 0 Å². The molecular weight excluding hydrogens is 276 g/mol. The van der Waals surface area contributed by atoms with Gasteiger partial charge in [0, 0.05) is 6.61 Å². The van der Waals surface area contributed by atoms with E-state index < -0.39 is 30.5 Å². The van der Waals surface area contributed by atoms with E-state index in [2.05, 4.69) is 0 Å².